The molecule has 5 rings (SSSR count). The lowest BCUT2D eigenvalue weighted by Crippen LogP contribution is -2.47. The number of benzene rings is 3. The number of carbonyl (C=O) groups excluding carboxylic acids is 1. The van der Waals surface area contributed by atoms with Crippen molar-refractivity contribution in [3.05, 3.63) is 123 Å². The maximum atomic E-state index is 12.9. The normalized spacial score (nSPS) is 14.1. The minimum absolute atomic E-state index is 0.0380. The van der Waals surface area contributed by atoms with Crippen molar-refractivity contribution in [2.75, 3.05) is 26.2 Å². The van der Waals surface area contributed by atoms with Gasteiger partial charge < -0.3 is 14.4 Å². The number of carbonyl (C=O) groups is 1. The quantitative estimate of drug-likeness (QED) is 0.174. The summed E-state index contributed by atoms with van der Waals surface area (Å²) in [6.45, 7) is 7.90. The van der Waals surface area contributed by atoms with E-state index in [1.165, 1.54) is 29.5 Å². The molecule has 1 fully saturated rings. The van der Waals surface area contributed by atoms with Gasteiger partial charge in [0.05, 0.1) is 16.8 Å². The van der Waals surface area contributed by atoms with E-state index in [9.17, 15) is 18.0 Å². The first-order valence-corrected chi connectivity index (χ1v) is 14.9. The van der Waals surface area contributed by atoms with E-state index in [0.29, 0.717) is 41.1 Å². The molecular weight excluding hydrogens is 603 g/mol. The number of aryl methyl sites for hydroxylation is 2. The van der Waals surface area contributed by atoms with Gasteiger partial charge in [0.2, 0.25) is 11.8 Å². The van der Waals surface area contributed by atoms with E-state index < -0.39 is 11.7 Å². The van der Waals surface area contributed by atoms with Crippen LogP contribution in [0.3, 0.4) is 0 Å². The predicted molar refractivity (Wildman–Crippen MR) is 168 cm³/mol. The van der Waals surface area contributed by atoms with Crippen LogP contribution >= 0.6 is 11.6 Å². The van der Waals surface area contributed by atoms with E-state index in [-0.39, 0.29) is 12.5 Å². The van der Waals surface area contributed by atoms with Gasteiger partial charge in [-0.3, -0.25) is 9.69 Å². The van der Waals surface area contributed by atoms with Gasteiger partial charge in [-0.05, 0) is 72.5 Å². The zero-order valence-corrected chi connectivity index (χ0v) is 25.7. The molecule has 3 aromatic carbocycles. The highest BCUT2D eigenvalue weighted by Gasteiger charge is 2.30. The Morgan fingerprint density at radius 1 is 0.933 bits per heavy atom. The van der Waals surface area contributed by atoms with Crippen molar-refractivity contribution < 1.29 is 27.4 Å². The number of amides is 1. The smallest absolute Gasteiger partial charge is 0.416 e. The summed E-state index contributed by atoms with van der Waals surface area (Å²) in [7, 11) is 0. The van der Waals surface area contributed by atoms with Gasteiger partial charge in [0.1, 0.15) is 12.4 Å². The van der Waals surface area contributed by atoms with Crippen LogP contribution in [0.4, 0.5) is 13.2 Å². The summed E-state index contributed by atoms with van der Waals surface area (Å²) < 4.78 is 49.8. The lowest BCUT2D eigenvalue weighted by atomic mass is 10.1. The number of halogens is 4. The monoisotopic (exact) mass is 635 g/mol. The van der Waals surface area contributed by atoms with Gasteiger partial charge >= 0.3 is 6.18 Å². The van der Waals surface area contributed by atoms with Gasteiger partial charge in [0.25, 0.3) is 0 Å². The molecule has 0 spiro atoms. The Labute approximate surface area is 265 Å². The molecule has 1 aromatic heterocycles. The Kier molecular flexibility index (Phi) is 10.1. The second kappa shape index (κ2) is 14.2. The van der Waals surface area contributed by atoms with Gasteiger partial charge in [-0.25, -0.2) is 4.98 Å². The maximum absolute atomic E-state index is 12.9. The Balaban J connectivity index is 1.11. The van der Waals surface area contributed by atoms with Crippen molar-refractivity contribution in [3.8, 4) is 17.4 Å². The minimum atomic E-state index is -4.38. The number of aromatic nitrogens is 1. The van der Waals surface area contributed by atoms with Crippen molar-refractivity contribution in [2.45, 2.75) is 33.2 Å². The minimum Gasteiger partial charge on any atom is -0.487 e. The van der Waals surface area contributed by atoms with Crippen LogP contribution in [0, 0.1) is 13.8 Å². The first-order chi connectivity index (χ1) is 21.5. The summed E-state index contributed by atoms with van der Waals surface area (Å²) in [6, 6.07) is 20.2. The molecular formula is C35H33ClF3N3O3. The molecule has 234 valence electrons. The number of alkyl halides is 3. The first kappa shape index (κ1) is 32.1. The number of piperazine rings is 1. The topological polar surface area (TPSA) is 54.9 Å². The molecule has 0 bridgehead atoms. The SMILES string of the molecule is Cc1ccc(CN2CCN(C(=O)/C=C/c3cc(C)c(Oc4ccc(OCc5ccc(C(F)(F)F)cc5)cn4)c(Cl)c3)CC2)cc1. The highest BCUT2D eigenvalue weighted by Crippen LogP contribution is 2.34. The number of ether oxygens (including phenoxy) is 2. The molecule has 0 atom stereocenters. The summed E-state index contributed by atoms with van der Waals surface area (Å²) >= 11 is 6.55. The summed E-state index contributed by atoms with van der Waals surface area (Å²) in [5, 5.41) is 0.372. The van der Waals surface area contributed by atoms with Crippen LogP contribution in [0.2, 0.25) is 5.02 Å². The van der Waals surface area contributed by atoms with Crippen molar-refractivity contribution in [2.24, 2.45) is 0 Å². The van der Waals surface area contributed by atoms with E-state index in [1.54, 1.807) is 30.4 Å². The molecule has 6 nitrogen and oxygen atoms in total. The average molecular weight is 636 g/mol. The molecule has 0 aliphatic carbocycles. The molecule has 0 unspecified atom stereocenters. The number of rotatable bonds is 9. The lowest BCUT2D eigenvalue weighted by Gasteiger charge is -2.34. The molecule has 0 N–H and O–H groups in total. The Morgan fingerprint density at radius 3 is 2.24 bits per heavy atom. The Morgan fingerprint density at radius 2 is 1.62 bits per heavy atom. The fraction of sp³-hybridized carbons (Fsp3) is 0.257. The molecule has 1 aliphatic heterocycles. The number of pyridine rings is 1. The molecule has 1 saturated heterocycles. The third-order valence-electron chi connectivity index (χ3n) is 7.48. The number of hydrogen-bond donors (Lipinski definition) is 0. The van der Waals surface area contributed by atoms with E-state index >= 15 is 0 Å². The molecule has 2 heterocycles. The van der Waals surface area contributed by atoms with Crippen LogP contribution in [0.1, 0.15) is 33.4 Å². The zero-order valence-electron chi connectivity index (χ0n) is 25.0. The largest absolute Gasteiger partial charge is 0.487 e. The third-order valence-corrected chi connectivity index (χ3v) is 7.76. The van der Waals surface area contributed by atoms with Gasteiger partial charge in [-0.15, -0.1) is 0 Å². The summed E-state index contributed by atoms with van der Waals surface area (Å²) in [5.41, 5.74) is 3.95. The zero-order chi connectivity index (χ0) is 32.0. The fourth-order valence-corrected chi connectivity index (χ4v) is 5.22. The highest BCUT2D eigenvalue weighted by molar-refractivity contribution is 6.32. The predicted octanol–water partition coefficient (Wildman–Crippen LogP) is 8.10. The standard InChI is InChI=1S/C35H33ClF3N3O3/c1-24-3-5-26(6-4-24)22-41-15-17-42(18-16-41)33(43)14-9-28-19-25(2)34(31(36)20-28)45-32-13-12-30(21-40-32)44-23-27-7-10-29(11-8-27)35(37,38)39/h3-14,19-21H,15-18,22-23H2,1-2H3/b14-9+. The molecule has 4 aromatic rings. The summed E-state index contributed by atoms with van der Waals surface area (Å²) in [5.74, 6) is 1.13. The molecule has 10 heteroatoms. The molecule has 45 heavy (non-hydrogen) atoms. The van der Waals surface area contributed by atoms with Crippen molar-refractivity contribution in [1.29, 1.82) is 0 Å². The van der Waals surface area contributed by atoms with Crippen molar-refractivity contribution in [1.82, 2.24) is 14.8 Å². The van der Waals surface area contributed by atoms with E-state index in [0.717, 1.165) is 42.9 Å². The average Bonchev–Trinajstić information content (AvgIpc) is 3.02. The second-order valence-electron chi connectivity index (χ2n) is 11.0. The van der Waals surface area contributed by atoms with Gasteiger partial charge in [0.15, 0.2) is 5.75 Å². The second-order valence-corrected chi connectivity index (χ2v) is 11.4. The van der Waals surface area contributed by atoms with Gasteiger partial charge in [-0.1, -0.05) is 53.6 Å². The molecule has 0 radical (unpaired) electrons. The van der Waals surface area contributed by atoms with Gasteiger partial charge in [0, 0.05) is 44.9 Å². The van der Waals surface area contributed by atoms with Crippen LogP contribution in [0.5, 0.6) is 17.4 Å². The van der Waals surface area contributed by atoms with Crippen molar-refractivity contribution >= 4 is 23.6 Å². The van der Waals surface area contributed by atoms with Crippen LogP contribution in [0.15, 0.2) is 85.1 Å². The summed E-state index contributed by atoms with van der Waals surface area (Å²) in [4.78, 5) is 21.3. The Bertz CT molecular complexity index is 1610. The van der Waals surface area contributed by atoms with Crippen LogP contribution in [-0.2, 0) is 24.1 Å². The van der Waals surface area contributed by atoms with E-state index in [2.05, 4.69) is 41.1 Å². The van der Waals surface area contributed by atoms with E-state index in [4.69, 9.17) is 21.1 Å². The number of hydrogen-bond acceptors (Lipinski definition) is 5. The van der Waals surface area contributed by atoms with Crippen LogP contribution in [0.25, 0.3) is 6.08 Å². The first-order valence-electron chi connectivity index (χ1n) is 14.5. The van der Waals surface area contributed by atoms with Crippen LogP contribution in [-0.4, -0.2) is 46.9 Å². The third kappa shape index (κ3) is 8.86. The Hall–Kier alpha value is -4.34. The fourth-order valence-electron chi connectivity index (χ4n) is 4.91. The molecule has 0 saturated carbocycles. The molecule has 1 amide bonds. The van der Waals surface area contributed by atoms with Gasteiger partial charge in [-0.2, -0.15) is 13.2 Å². The summed E-state index contributed by atoms with van der Waals surface area (Å²) in [6.07, 6.45) is 0.417. The lowest BCUT2D eigenvalue weighted by molar-refractivity contribution is -0.137. The van der Waals surface area contributed by atoms with Crippen LogP contribution < -0.4 is 9.47 Å². The van der Waals surface area contributed by atoms with Crippen molar-refractivity contribution in [3.63, 3.8) is 0 Å². The highest BCUT2D eigenvalue weighted by atomic mass is 35.5. The number of nitrogens with zero attached hydrogens (tertiary/aromatic N) is 3. The molecule has 1 aliphatic rings. The maximum Gasteiger partial charge on any atom is 0.416 e. The van der Waals surface area contributed by atoms with E-state index in [1.807, 2.05) is 17.9 Å².